The maximum atomic E-state index is 12.6. The molecule has 1 aromatic heterocycles. The first-order valence-electron chi connectivity index (χ1n) is 8.15. The van der Waals surface area contributed by atoms with Gasteiger partial charge in [0, 0.05) is 25.2 Å². The molecule has 3 rings (SSSR count). The Kier molecular flexibility index (Phi) is 4.77. The van der Waals surface area contributed by atoms with E-state index in [1.807, 2.05) is 0 Å². The van der Waals surface area contributed by atoms with Crippen LogP contribution in [0.4, 0.5) is 17.3 Å². The zero-order chi connectivity index (χ0) is 18.9. The van der Waals surface area contributed by atoms with E-state index in [-0.39, 0.29) is 10.6 Å². The molecule has 0 atom stereocenters. The van der Waals surface area contributed by atoms with Crippen molar-refractivity contribution in [2.75, 3.05) is 22.7 Å². The third-order valence-corrected chi connectivity index (χ3v) is 5.57. The number of non-ortho nitro benzene ring substituents is 1. The number of aromatic nitrogens is 2. The molecular weight excluding hydrogens is 358 g/mol. The van der Waals surface area contributed by atoms with Crippen molar-refractivity contribution < 1.29 is 13.3 Å². The SMILES string of the molecule is Cc1nc(N2CCCC2)nc(C)c1NS(=O)(=O)c1cccc([N+](=O)[O-])c1. The van der Waals surface area contributed by atoms with Gasteiger partial charge in [0.2, 0.25) is 5.95 Å². The molecule has 1 fully saturated rings. The molecule has 26 heavy (non-hydrogen) atoms. The largest absolute Gasteiger partial charge is 0.341 e. The van der Waals surface area contributed by atoms with E-state index in [0.29, 0.717) is 23.0 Å². The number of hydrogen-bond acceptors (Lipinski definition) is 7. The van der Waals surface area contributed by atoms with E-state index >= 15 is 0 Å². The zero-order valence-electron chi connectivity index (χ0n) is 14.5. The number of sulfonamides is 1. The fourth-order valence-corrected chi connectivity index (χ4v) is 4.08. The van der Waals surface area contributed by atoms with Crippen LogP contribution < -0.4 is 9.62 Å². The quantitative estimate of drug-likeness (QED) is 0.628. The molecule has 10 heteroatoms. The second kappa shape index (κ2) is 6.87. The molecule has 0 bridgehead atoms. The molecule has 0 aliphatic carbocycles. The first kappa shape index (κ1) is 18.1. The normalized spacial score (nSPS) is 14.5. The van der Waals surface area contributed by atoms with Crippen molar-refractivity contribution in [2.24, 2.45) is 0 Å². The molecule has 0 unspecified atom stereocenters. The van der Waals surface area contributed by atoms with Crippen LogP contribution in [0.15, 0.2) is 29.2 Å². The van der Waals surface area contributed by atoms with Gasteiger partial charge in [-0.1, -0.05) is 6.07 Å². The number of benzene rings is 1. The number of nitro benzene ring substituents is 1. The van der Waals surface area contributed by atoms with E-state index in [0.717, 1.165) is 32.0 Å². The molecule has 0 spiro atoms. The highest BCUT2D eigenvalue weighted by molar-refractivity contribution is 7.92. The lowest BCUT2D eigenvalue weighted by Crippen LogP contribution is -2.22. The minimum Gasteiger partial charge on any atom is -0.341 e. The zero-order valence-corrected chi connectivity index (χ0v) is 15.3. The Morgan fingerprint density at radius 1 is 1.15 bits per heavy atom. The van der Waals surface area contributed by atoms with Crippen molar-refractivity contribution in [3.63, 3.8) is 0 Å². The van der Waals surface area contributed by atoms with Gasteiger partial charge in [0.25, 0.3) is 15.7 Å². The van der Waals surface area contributed by atoms with Crippen molar-refractivity contribution in [1.29, 1.82) is 0 Å². The van der Waals surface area contributed by atoms with E-state index in [2.05, 4.69) is 19.6 Å². The highest BCUT2D eigenvalue weighted by atomic mass is 32.2. The highest BCUT2D eigenvalue weighted by Crippen LogP contribution is 2.26. The fraction of sp³-hybridized carbons (Fsp3) is 0.375. The Labute approximate surface area is 151 Å². The second-order valence-electron chi connectivity index (χ2n) is 6.12. The summed E-state index contributed by atoms with van der Waals surface area (Å²) < 4.78 is 27.7. The fourth-order valence-electron chi connectivity index (χ4n) is 2.86. The molecule has 2 heterocycles. The van der Waals surface area contributed by atoms with Crippen LogP contribution in [0.1, 0.15) is 24.2 Å². The molecule has 1 aliphatic heterocycles. The van der Waals surface area contributed by atoms with Gasteiger partial charge in [0.05, 0.1) is 26.9 Å². The molecule has 0 amide bonds. The van der Waals surface area contributed by atoms with Crippen molar-refractivity contribution in [1.82, 2.24) is 9.97 Å². The molecule has 1 aliphatic rings. The molecule has 1 N–H and O–H groups in total. The predicted octanol–water partition coefficient (Wildman–Crippen LogP) is 2.40. The van der Waals surface area contributed by atoms with Crippen LogP contribution in [0.5, 0.6) is 0 Å². The number of nitrogens with zero attached hydrogens (tertiary/aromatic N) is 4. The topological polar surface area (TPSA) is 118 Å². The first-order chi connectivity index (χ1) is 12.3. The van der Waals surface area contributed by atoms with E-state index in [1.54, 1.807) is 13.8 Å². The Hall–Kier alpha value is -2.75. The summed E-state index contributed by atoms with van der Waals surface area (Å²) in [5.74, 6) is 0.593. The lowest BCUT2D eigenvalue weighted by molar-refractivity contribution is -0.385. The maximum Gasteiger partial charge on any atom is 0.270 e. The highest BCUT2D eigenvalue weighted by Gasteiger charge is 2.22. The van der Waals surface area contributed by atoms with Crippen LogP contribution in [0.25, 0.3) is 0 Å². The van der Waals surface area contributed by atoms with Gasteiger partial charge in [0.1, 0.15) is 0 Å². The standard InChI is InChI=1S/C16H19N5O4S/c1-11-15(12(2)18-16(17-11)20-8-3-4-9-20)19-26(24,25)14-7-5-6-13(10-14)21(22)23/h5-7,10,19H,3-4,8-9H2,1-2H3. The average Bonchev–Trinajstić information content (AvgIpc) is 3.12. The molecule has 138 valence electrons. The van der Waals surface area contributed by atoms with Crippen LogP contribution in [0, 0.1) is 24.0 Å². The van der Waals surface area contributed by atoms with E-state index in [9.17, 15) is 18.5 Å². The van der Waals surface area contributed by atoms with Crippen LogP contribution in [0.3, 0.4) is 0 Å². The third-order valence-electron chi connectivity index (χ3n) is 4.22. The van der Waals surface area contributed by atoms with Gasteiger partial charge in [-0.05, 0) is 32.8 Å². The molecule has 9 nitrogen and oxygen atoms in total. The van der Waals surface area contributed by atoms with Crippen molar-refractivity contribution in [2.45, 2.75) is 31.6 Å². The summed E-state index contributed by atoms with van der Waals surface area (Å²) in [6.45, 7) is 5.19. The van der Waals surface area contributed by atoms with Gasteiger partial charge in [-0.2, -0.15) is 0 Å². The summed E-state index contributed by atoms with van der Waals surface area (Å²) in [4.78, 5) is 21.0. The Bertz CT molecular complexity index is 932. The number of rotatable bonds is 5. The lowest BCUT2D eigenvalue weighted by atomic mass is 10.3. The predicted molar refractivity (Wildman–Crippen MR) is 96.9 cm³/mol. The number of nitrogens with one attached hydrogen (secondary N) is 1. The van der Waals surface area contributed by atoms with Gasteiger partial charge >= 0.3 is 0 Å². The smallest absolute Gasteiger partial charge is 0.270 e. The number of nitro groups is 1. The monoisotopic (exact) mass is 377 g/mol. The van der Waals surface area contributed by atoms with E-state index in [1.165, 1.54) is 18.2 Å². The average molecular weight is 377 g/mol. The minimum absolute atomic E-state index is 0.186. The molecule has 1 aromatic carbocycles. The summed E-state index contributed by atoms with van der Waals surface area (Å²) in [6.07, 6.45) is 2.17. The number of anilines is 2. The van der Waals surface area contributed by atoms with Gasteiger partial charge in [-0.15, -0.1) is 0 Å². The van der Waals surface area contributed by atoms with Gasteiger partial charge in [-0.3, -0.25) is 14.8 Å². The van der Waals surface area contributed by atoms with Gasteiger partial charge < -0.3 is 4.90 Å². The molecule has 1 saturated heterocycles. The summed E-state index contributed by atoms with van der Waals surface area (Å²) in [5.41, 5.74) is 1.02. The number of aryl methyl sites for hydroxylation is 2. The lowest BCUT2D eigenvalue weighted by Gasteiger charge is -2.18. The molecule has 0 radical (unpaired) electrons. The summed E-state index contributed by atoms with van der Waals surface area (Å²) >= 11 is 0. The van der Waals surface area contributed by atoms with Crippen molar-refractivity contribution in [3.05, 3.63) is 45.8 Å². The molecular formula is C16H19N5O4S. The van der Waals surface area contributed by atoms with Gasteiger partial charge in [-0.25, -0.2) is 18.4 Å². The summed E-state index contributed by atoms with van der Waals surface area (Å²) in [7, 11) is -3.99. The third kappa shape index (κ3) is 3.59. The van der Waals surface area contributed by atoms with E-state index in [4.69, 9.17) is 0 Å². The molecule has 2 aromatic rings. The Morgan fingerprint density at radius 2 is 1.77 bits per heavy atom. The maximum absolute atomic E-state index is 12.6. The van der Waals surface area contributed by atoms with Crippen LogP contribution >= 0.6 is 0 Å². The van der Waals surface area contributed by atoms with Crippen LogP contribution in [-0.2, 0) is 10.0 Å². The van der Waals surface area contributed by atoms with Crippen LogP contribution in [-0.4, -0.2) is 36.4 Å². The Morgan fingerprint density at radius 3 is 2.35 bits per heavy atom. The molecule has 0 saturated carbocycles. The minimum atomic E-state index is -3.99. The van der Waals surface area contributed by atoms with Gasteiger partial charge in [0.15, 0.2) is 0 Å². The van der Waals surface area contributed by atoms with E-state index < -0.39 is 14.9 Å². The number of hydrogen-bond donors (Lipinski definition) is 1. The van der Waals surface area contributed by atoms with Crippen molar-refractivity contribution in [3.8, 4) is 0 Å². The summed E-state index contributed by atoms with van der Waals surface area (Å²) in [5, 5.41) is 10.9. The second-order valence-corrected chi connectivity index (χ2v) is 7.81. The van der Waals surface area contributed by atoms with Crippen molar-refractivity contribution >= 4 is 27.3 Å². The van der Waals surface area contributed by atoms with Crippen LogP contribution in [0.2, 0.25) is 0 Å². The first-order valence-corrected chi connectivity index (χ1v) is 9.64. The Balaban J connectivity index is 1.92. The summed E-state index contributed by atoms with van der Waals surface area (Å²) in [6, 6.07) is 4.90.